The lowest BCUT2D eigenvalue weighted by atomic mass is 10.2. The van der Waals surface area contributed by atoms with Crippen molar-refractivity contribution in [2.45, 2.75) is 31.9 Å². The third-order valence-electron chi connectivity index (χ3n) is 2.52. The van der Waals surface area contributed by atoms with E-state index in [-0.39, 0.29) is 12.0 Å². The average Bonchev–Trinajstić information content (AvgIpc) is 2.87. The Morgan fingerprint density at radius 3 is 3.19 bits per heavy atom. The quantitative estimate of drug-likeness (QED) is 0.929. The second-order valence-electron chi connectivity index (χ2n) is 3.85. The van der Waals surface area contributed by atoms with Crippen LogP contribution < -0.4 is 5.32 Å². The number of ether oxygens (including phenoxy) is 1. The smallest absolute Gasteiger partial charge is 0.222 e. The van der Waals surface area contributed by atoms with E-state index in [9.17, 15) is 4.79 Å². The van der Waals surface area contributed by atoms with E-state index in [4.69, 9.17) is 4.74 Å². The lowest BCUT2D eigenvalue weighted by Crippen LogP contribution is -2.26. The number of hydrogen-bond acceptors (Lipinski definition) is 3. The first-order valence-corrected chi connectivity index (χ1v) is 7.02. The summed E-state index contributed by atoms with van der Waals surface area (Å²) in [7, 11) is 0. The summed E-state index contributed by atoms with van der Waals surface area (Å²) in [6.07, 6.45) is 2.72. The van der Waals surface area contributed by atoms with Gasteiger partial charge < -0.3 is 10.1 Å². The maximum atomic E-state index is 11.6. The van der Waals surface area contributed by atoms with Crippen LogP contribution in [0.25, 0.3) is 0 Å². The number of thiophene rings is 1. The van der Waals surface area contributed by atoms with E-state index in [0.29, 0.717) is 13.0 Å². The SMILES string of the molecule is O=C(CC1CCCO1)NCc1cc(Br)cs1. The van der Waals surface area contributed by atoms with Crippen LogP contribution in [-0.4, -0.2) is 18.6 Å². The standard InChI is InChI=1S/C11H14BrNO2S/c12-8-4-10(16-7-8)6-13-11(14)5-9-2-1-3-15-9/h4,7,9H,1-3,5-6H2,(H,13,14). The summed E-state index contributed by atoms with van der Waals surface area (Å²) in [5.41, 5.74) is 0. The van der Waals surface area contributed by atoms with Crippen LogP contribution in [0.1, 0.15) is 24.1 Å². The normalized spacial score (nSPS) is 19.9. The second-order valence-corrected chi connectivity index (χ2v) is 5.76. The first kappa shape index (κ1) is 12.1. The molecule has 1 fully saturated rings. The summed E-state index contributed by atoms with van der Waals surface area (Å²) in [5.74, 6) is 0.0800. The Balaban J connectivity index is 1.71. The third kappa shape index (κ3) is 3.57. The molecular formula is C11H14BrNO2S. The van der Waals surface area contributed by atoms with E-state index in [2.05, 4.69) is 21.2 Å². The highest BCUT2D eigenvalue weighted by Crippen LogP contribution is 2.19. The topological polar surface area (TPSA) is 38.3 Å². The minimum absolute atomic E-state index is 0.0800. The molecule has 0 aromatic carbocycles. The average molecular weight is 304 g/mol. The molecule has 88 valence electrons. The van der Waals surface area contributed by atoms with Gasteiger partial charge in [-0.1, -0.05) is 0 Å². The van der Waals surface area contributed by atoms with Gasteiger partial charge in [0, 0.05) is 21.3 Å². The van der Waals surface area contributed by atoms with Gasteiger partial charge in [0.2, 0.25) is 5.91 Å². The molecule has 0 radical (unpaired) electrons. The van der Waals surface area contributed by atoms with Gasteiger partial charge in [0.25, 0.3) is 0 Å². The summed E-state index contributed by atoms with van der Waals surface area (Å²) in [6, 6.07) is 2.02. The number of nitrogens with one attached hydrogen (secondary N) is 1. The van der Waals surface area contributed by atoms with Crippen LogP contribution >= 0.6 is 27.3 Å². The fraction of sp³-hybridized carbons (Fsp3) is 0.545. The number of amides is 1. The highest BCUT2D eigenvalue weighted by molar-refractivity contribution is 9.10. The van der Waals surface area contributed by atoms with E-state index in [1.54, 1.807) is 11.3 Å². The van der Waals surface area contributed by atoms with E-state index in [0.717, 1.165) is 28.8 Å². The van der Waals surface area contributed by atoms with E-state index >= 15 is 0 Å². The zero-order valence-electron chi connectivity index (χ0n) is 8.87. The van der Waals surface area contributed by atoms with Crippen molar-refractivity contribution in [1.29, 1.82) is 0 Å². The largest absolute Gasteiger partial charge is 0.378 e. The Kier molecular flexibility index (Phi) is 4.37. The van der Waals surface area contributed by atoms with Crippen molar-refractivity contribution >= 4 is 33.2 Å². The molecule has 2 heterocycles. The molecule has 2 rings (SSSR count). The van der Waals surface area contributed by atoms with Gasteiger partial charge >= 0.3 is 0 Å². The molecule has 1 N–H and O–H groups in total. The first-order chi connectivity index (χ1) is 7.74. The van der Waals surface area contributed by atoms with Crippen LogP contribution in [0.3, 0.4) is 0 Å². The number of carbonyl (C=O) groups excluding carboxylic acids is 1. The van der Waals surface area contributed by atoms with Gasteiger partial charge in [-0.15, -0.1) is 11.3 Å². The predicted molar refractivity (Wildman–Crippen MR) is 67.5 cm³/mol. The summed E-state index contributed by atoms with van der Waals surface area (Å²) in [5, 5.41) is 4.93. The van der Waals surface area contributed by atoms with Crippen molar-refractivity contribution in [3.63, 3.8) is 0 Å². The molecule has 0 bridgehead atoms. The van der Waals surface area contributed by atoms with Crippen molar-refractivity contribution < 1.29 is 9.53 Å². The molecule has 5 heteroatoms. The minimum Gasteiger partial charge on any atom is -0.378 e. The molecular weight excluding hydrogens is 290 g/mol. The summed E-state index contributed by atoms with van der Waals surface area (Å²) in [4.78, 5) is 12.7. The van der Waals surface area contributed by atoms with Gasteiger partial charge in [-0.2, -0.15) is 0 Å². The lowest BCUT2D eigenvalue weighted by Gasteiger charge is -2.08. The molecule has 1 aromatic rings. The van der Waals surface area contributed by atoms with Crippen molar-refractivity contribution in [1.82, 2.24) is 5.32 Å². The zero-order valence-corrected chi connectivity index (χ0v) is 11.3. The Labute approximate surface area is 107 Å². The molecule has 1 amide bonds. The number of rotatable bonds is 4. The molecule has 0 spiro atoms. The van der Waals surface area contributed by atoms with Crippen LogP contribution in [0.15, 0.2) is 15.9 Å². The van der Waals surface area contributed by atoms with Gasteiger partial charge in [-0.3, -0.25) is 4.79 Å². The van der Waals surface area contributed by atoms with Crippen molar-refractivity contribution in [3.8, 4) is 0 Å². The highest BCUT2D eigenvalue weighted by Gasteiger charge is 2.18. The van der Waals surface area contributed by atoms with Crippen LogP contribution in [-0.2, 0) is 16.1 Å². The fourth-order valence-corrected chi connectivity index (χ4v) is 3.11. The van der Waals surface area contributed by atoms with Crippen LogP contribution in [0.5, 0.6) is 0 Å². The minimum atomic E-state index is 0.0800. The number of halogens is 1. The molecule has 3 nitrogen and oxygen atoms in total. The molecule has 1 aromatic heterocycles. The highest BCUT2D eigenvalue weighted by atomic mass is 79.9. The summed E-state index contributed by atoms with van der Waals surface area (Å²) < 4.78 is 6.48. The monoisotopic (exact) mass is 303 g/mol. The molecule has 1 aliphatic rings. The Hall–Kier alpha value is -0.390. The van der Waals surface area contributed by atoms with E-state index in [1.165, 1.54) is 0 Å². The second kappa shape index (κ2) is 5.80. The van der Waals surface area contributed by atoms with Crippen molar-refractivity contribution in [3.05, 3.63) is 20.8 Å². The Morgan fingerprint density at radius 2 is 2.56 bits per heavy atom. The molecule has 0 aliphatic carbocycles. The number of hydrogen-bond donors (Lipinski definition) is 1. The van der Waals surface area contributed by atoms with Crippen molar-refractivity contribution in [2.24, 2.45) is 0 Å². The summed E-state index contributed by atoms with van der Waals surface area (Å²) in [6.45, 7) is 1.41. The molecule has 1 atom stereocenters. The fourth-order valence-electron chi connectivity index (χ4n) is 1.72. The Morgan fingerprint density at radius 1 is 1.69 bits per heavy atom. The third-order valence-corrected chi connectivity index (χ3v) is 4.22. The Bertz CT molecular complexity index is 361. The van der Waals surface area contributed by atoms with Gasteiger partial charge in [0.15, 0.2) is 0 Å². The predicted octanol–water partition coefficient (Wildman–Crippen LogP) is 2.70. The zero-order chi connectivity index (χ0) is 11.4. The lowest BCUT2D eigenvalue weighted by molar-refractivity contribution is -0.123. The van der Waals surface area contributed by atoms with Crippen LogP contribution in [0.4, 0.5) is 0 Å². The van der Waals surface area contributed by atoms with Gasteiger partial charge in [-0.05, 0) is 34.8 Å². The maximum absolute atomic E-state index is 11.6. The van der Waals surface area contributed by atoms with Gasteiger partial charge in [0.1, 0.15) is 0 Å². The molecule has 1 saturated heterocycles. The van der Waals surface area contributed by atoms with Crippen molar-refractivity contribution in [2.75, 3.05) is 6.61 Å². The van der Waals surface area contributed by atoms with Gasteiger partial charge in [0.05, 0.1) is 19.1 Å². The molecule has 16 heavy (non-hydrogen) atoms. The maximum Gasteiger partial charge on any atom is 0.222 e. The molecule has 0 saturated carbocycles. The van der Waals surface area contributed by atoms with E-state index < -0.39 is 0 Å². The summed E-state index contributed by atoms with van der Waals surface area (Å²) >= 11 is 5.03. The van der Waals surface area contributed by atoms with Crippen LogP contribution in [0, 0.1) is 0 Å². The van der Waals surface area contributed by atoms with Crippen LogP contribution in [0.2, 0.25) is 0 Å². The number of carbonyl (C=O) groups is 1. The molecule has 1 unspecified atom stereocenters. The first-order valence-electron chi connectivity index (χ1n) is 5.35. The molecule has 1 aliphatic heterocycles. The van der Waals surface area contributed by atoms with E-state index in [1.807, 2.05) is 11.4 Å². The van der Waals surface area contributed by atoms with Gasteiger partial charge in [-0.25, -0.2) is 0 Å².